The summed E-state index contributed by atoms with van der Waals surface area (Å²) in [7, 11) is -3.50. The van der Waals surface area contributed by atoms with Gasteiger partial charge in [0.25, 0.3) is 5.91 Å². The number of amides is 1. The number of rotatable bonds is 6. The molecule has 1 aliphatic rings. The van der Waals surface area contributed by atoms with Crippen LogP contribution in [0.5, 0.6) is 0 Å². The molecule has 0 spiro atoms. The number of carbonyl (C=O) groups excluding carboxylic acids is 1. The summed E-state index contributed by atoms with van der Waals surface area (Å²) in [6.45, 7) is 5.05. The highest BCUT2D eigenvalue weighted by molar-refractivity contribution is 7.90. The van der Waals surface area contributed by atoms with E-state index in [1.54, 1.807) is 6.08 Å². The lowest BCUT2D eigenvalue weighted by Crippen LogP contribution is -2.53. The van der Waals surface area contributed by atoms with Gasteiger partial charge in [-0.25, -0.2) is 8.42 Å². The first-order valence-electron chi connectivity index (χ1n) is 5.25. The molecule has 0 aromatic carbocycles. The van der Waals surface area contributed by atoms with Crippen molar-refractivity contribution in [2.75, 3.05) is 0 Å². The number of carbonyl (C=O) groups is 1. The molecule has 0 bridgehead atoms. The summed E-state index contributed by atoms with van der Waals surface area (Å²) in [5, 5.41) is -0.411. The molecule has 1 rings (SSSR count). The Morgan fingerprint density at radius 2 is 2.19 bits per heavy atom. The summed E-state index contributed by atoms with van der Waals surface area (Å²) in [4.78, 5) is 11.7. The molecule has 0 heterocycles. The molecular formula is C10H18N2O3S. The molecule has 1 aliphatic carbocycles. The molecule has 0 aromatic heterocycles. The van der Waals surface area contributed by atoms with Crippen molar-refractivity contribution in [3.8, 4) is 0 Å². The quantitative estimate of drug-likeness (QED) is 0.659. The molecule has 3 N–H and O–H groups in total. The van der Waals surface area contributed by atoms with E-state index in [0.29, 0.717) is 25.7 Å². The lowest BCUT2D eigenvalue weighted by molar-refractivity contribution is -0.124. The predicted octanol–water partition coefficient (Wildman–Crippen LogP) is 0.278. The van der Waals surface area contributed by atoms with Crippen LogP contribution < -0.4 is 10.5 Å². The molecule has 0 aromatic rings. The maximum absolute atomic E-state index is 11.7. The summed E-state index contributed by atoms with van der Waals surface area (Å²) in [6.07, 6.45) is 3.84. The summed E-state index contributed by atoms with van der Waals surface area (Å²) in [5.74, 6) is -0.638. The SMILES string of the molecule is C=CCCC(C)(N)C(=O)NS(=O)(=O)C1CC1. The van der Waals surface area contributed by atoms with Gasteiger partial charge in [-0.05, 0) is 32.6 Å². The molecule has 1 atom stereocenters. The predicted molar refractivity (Wildman–Crippen MR) is 62.1 cm³/mol. The van der Waals surface area contributed by atoms with Crippen LogP contribution in [-0.4, -0.2) is 25.1 Å². The first-order valence-corrected chi connectivity index (χ1v) is 6.80. The second-order valence-electron chi connectivity index (χ2n) is 4.42. The van der Waals surface area contributed by atoms with Crippen LogP contribution in [0.15, 0.2) is 12.7 Å². The molecule has 6 heteroatoms. The molecule has 1 amide bonds. The molecule has 1 unspecified atom stereocenters. The zero-order valence-electron chi connectivity index (χ0n) is 9.40. The molecule has 16 heavy (non-hydrogen) atoms. The van der Waals surface area contributed by atoms with Crippen molar-refractivity contribution in [3.63, 3.8) is 0 Å². The second-order valence-corrected chi connectivity index (χ2v) is 6.38. The number of hydrogen-bond acceptors (Lipinski definition) is 4. The van der Waals surface area contributed by atoms with Crippen molar-refractivity contribution in [2.45, 2.75) is 43.4 Å². The Bertz CT molecular complexity index is 383. The van der Waals surface area contributed by atoms with Gasteiger partial charge in [-0.1, -0.05) is 6.08 Å². The third-order valence-corrected chi connectivity index (χ3v) is 4.40. The van der Waals surface area contributed by atoms with E-state index in [1.165, 1.54) is 6.92 Å². The molecule has 1 saturated carbocycles. The molecule has 5 nitrogen and oxygen atoms in total. The fraction of sp³-hybridized carbons (Fsp3) is 0.700. The topological polar surface area (TPSA) is 89.3 Å². The Morgan fingerprint density at radius 1 is 1.62 bits per heavy atom. The van der Waals surface area contributed by atoms with Crippen LogP contribution in [0.3, 0.4) is 0 Å². The summed E-state index contributed by atoms with van der Waals surface area (Å²) in [6, 6.07) is 0. The minimum atomic E-state index is -3.50. The molecule has 0 radical (unpaired) electrons. The van der Waals surface area contributed by atoms with E-state index in [1.807, 2.05) is 4.72 Å². The van der Waals surface area contributed by atoms with Gasteiger partial charge in [0.2, 0.25) is 10.0 Å². The van der Waals surface area contributed by atoms with Crippen molar-refractivity contribution in [3.05, 3.63) is 12.7 Å². The van der Waals surface area contributed by atoms with Gasteiger partial charge in [0.1, 0.15) is 0 Å². The van der Waals surface area contributed by atoms with Crippen LogP contribution in [-0.2, 0) is 14.8 Å². The van der Waals surface area contributed by atoms with E-state index in [-0.39, 0.29) is 0 Å². The zero-order chi connectivity index (χ0) is 12.4. The largest absolute Gasteiger partial charge is 0.318 e. The van der Waals surface area contributed by atoms with Gasteiger partial charge in [-0.3, -0.25) is 9.52 Å². The third-order valence-electron chi connectivity index (χ3n) is 2.58. The summed E-state index contributed by atoms with van der Waals surface area (Å²) in [5.41, 5.74) is 4.58. The molecule has 0 saturated heterocycles. The highest BCUT2D eigenvalue weighted by atomic mass is 32.2. The standard InChI is InChI=1S/C10H18N2O3S/c1-3-4-7-10(2,11)9(13)12-16(14,15)8-5-6-8/h3,8H,1,4-7,11H2,2H3,(H,12,13). The Kier molecular flexibility index (Phi) is 3.75. The number of sulfonamides is 1. The van der Waals surface area contributed by atoms with Crippen LogP contribution in [0.25, 0.3) is 0 Å². The number of nitrogens with two attached hydrogens (primary N) is 1. The average Bonchev–Trinajstić information content (AvgIpc) is 2.97. The van der Waals surface area contributed by atoms with Crippen molar-refractivity contribution >= 4 is 15.9 Å². The van der Waals surface area contributed by atoms with Crippen LogP contribution in [0.1, 0.15) is 32.6 Å². The van der Waals surface area contributed by atoms with Gasteiger partial charge in [0.15, 0.2) is 0 Å². The van der Waals surface area contributed by atoms with Crippen molar-refractivity contribution in [1.82, 2.24) is 4.72 Å². The third kappa shape index (κ3) is 3.31. The minimum Gasteiger partial charge on any atom is -0.318 e. The van der Waals surface area contributed by atoms with E-state index < -0.39 is 26.7 Å². The first kappa shape index (κ1) is 13.2. The van der Waals surface area contributed by atoms with E-state index in [4.69, 9.17) is 5.73 Å². The number of nitrogens with one attached hydrogen (secondary N) is 1. The van der Waals surface area contributed by atoms with Crippen LogP contribution in [0, 0.1) is 0 Å². The Hall–Kier alpha value is -0.880. The Labute approximate surface area is 96.1 Å². The summed E-state index contributed by atoms with van der Waals surface area (Å²) >= 11 is 0. The Morgan fingerprint density at radius 3 is 2.62 bits per heavy atom. The minimum absolute atomic E-state index is 0.377. The van der Waals surface area contributed by atoms with Crippen molar-refractivity contribution < 1.29 is 13.2 Å². The fourth-order valence-corrected chi connectivity index (χ4v) is 2.64. The number of allylic oxidation sites excluding steroid dienone is 1. The average molecular weight is 246 g/mol. The van der Waals surface area contributed by atoms with E-state index >= 15 is 0 Å². The highest BCUT2D eigenvalue weighted by Gasteiger charge is 2.39. The van der Waals surface area contributed by atoms with Crippen molar-refractivity contribution in [2.24, 2.45) is 5.73 Å². The van der Waals surface area contributed by atoms with Crippen LogP contribution >= 0.6 is 0 Å². The molecular weight excluding hydrogens is 228 g/mol. The van der Waals surface area contributed by atoms with E-state index in [0.717, 1.165) is 0 Å². The van der Waals surface area contributed by atoms with Gasteiger partial charge in [0.05, 0.1) is 10.8 Å². The molecule has 0 aliphatic heterocycles. The smallest absolute Gasteiger partial charge is 0.253 e. The molecule has 92 valence electrons. The zero-order valence-corrected chi connectivity index (χ0v) is 10.2. The number of hydrogen-bond donors (Lipinski definition) is 2. The summed E-state index contributed by atoms with van der Waals surface area (Å²) < 4.78 is 25.1. The van der Waals surface area contributed by atoms with E-state index in [9.17, 15) is 13.2 Å². The second kappa shape index (κ2) is 4.55. The molecule has 1 fully saturated rings. The van der Waals surface area contributed by atoms with Gasteiger partial charge >= 0.3 is 0 Å². The van der Waals surface area contributed by atoms with Gasteiger partial charge in [-0.15, -0.1) is 6.58 Å². The van der Waals surface area contributed by atoms with Gasteiger partial charge < -0.3 is 5.73 Å². The van der Waals surface area contributed by atoms with Crippen LogP contribution in [0.4, 0.5) is 0 Å². The van der Waals surface area contributed by atoms with E-state index in [2.05, 4.69) is 6.58 Å². The van der Waals surface area contributed by atoms with Crippen LogP contribution in [0.2, 0.25) is 0 Å². The maximum Gasteiger partial charge on any atom is 0.253 e. The fourth-order valence-electron chi connectivity index (χ4n) is 1.22. The Balaban J connectivity index is 2.59. The normalized spacial score (nSPS) is 19.9. The lowest BCUT2D eigenvalue weighted by Gasteiger charge is -2.22. The van der Waals surface area contributed by atoms with Crippen molar-refractivity contribution in [1.29, 1.82) is 0 Å². The first-order chi connectivity index (χ1) is 7.29. The monoisotopic (exact) mass is 246 g/mol. The highest BCUT2D eigenvalue weighted by Crippen LogP contribution is 2.27. The van der Waals surface area contributed by atoms with Gasteiger partial charge in [-0.2, -0.15) is 0 Å². The lowest BCUT2D eigenvalue weighted by atomic mass is 9.97. The maximum atomic E-state index is 11.7. The van der Waals surface area contributed by atoms with Gasteiger partial charge in [0, 0.05) is 0 Å².